The van der Waals surface area contributed by atoms with Crippen molar-refractivity contribution in [2.45, 2.75) is 261 Å². The summed E-state index contributed by atoms with van der Waals surface area (Å²) in [5, 5.41) is 9.72. The lowest BCUT2D eigenvalue weighted by molar-refractivity contribution is -0.168. The molecule has 0 aromatic carbocycles. The van der Waals surface area contributed by atoms with Crippen LogP contribution in [-0.2, 0) is 80.9 Å². The number of ether oxygens (including phenoxy) is 11. The van der Waals surface area contributed by atoms with Crippen molar-refractivity contribution in [1.82, 2.24) is 0 Å². The van der Waals surface area contributed by atoms with E-state index in [4.69, 9.17) is 42.6 Å². The summed E-state index contributed by atoms with van der Waals surface area (Å²) in [6, 6.07) is 0. The zero-order chi connectivity index (χ0) is 63.2. The molecule has 11 aliphatic rings. The van der Waals surface area contributed by atoms with Crippen LogP contribution in [0.4, 0.5) is 0 Å². The molecule has 12 unspecified atom stereocenters. The highest BCUT2D eigenvalue weighted by atomic mass is 16.7. The van der Waals surface area contributed by atoms with Gasteiger partial charge in [-0.15, -0.1) is 0 Å². The predicted molar refractivity (Wildman–Crippen MR) is 329 cm³/mol. The molecule has 10 heterocycles. The van der Waals surface area contributed by atoms with Crippen LogP contribution < -0.4 is 0 Å². The van der Waals surface area contributed by atoms with Crippen LogP contribution in [0.3, 0.4) is 0 Å². The van der Waals surface area contributed by atoms with Crippen LogP contribution >= 0.6 is 0 Å². The van der Waals surface area contributed by atoms with E-state index in [0.717, 1.165) is 126 Å². The van der Waals surface area contributed by atoms with Crippen molar-refractivity contribution in [1.29, 1.82) is 0 Å². The van der Waals surface area contributed by atoms with Crippen LogP contribution in [-0.4, -0.2) is 124 Å². The molecule has 11 rings (SSSR count). The molecular weight excluding hydrogens is 1090 g/mol. The van der Waals surface area contributed by atoms with Crippen molar-refractivity contribution >= 4 is 35.6 Å². The van der Waals surface area contributed by atoms with Crippen molar-refractivity contribution in [3.63, 3.8) is 0 Å². The van der Waals surface area contributed by atoms with Crippen molar-refractivity contribution in [3.05, 3.63) is 49.4 Å². The van der Waals surface area contributed by atoms with Gasteiger partial charge in [0.1, 0.15) is 18.0 Å². The summed E-state index contributed by atoms with van der Waals surface area (Å²) < 4.78 is 54.0. The fraction of sp³-hybridized carbons (Fsp3) is 0.791. The number of hydrogen-bond acceptors (Lipinski definition) is 18. The molecule has 10 saturated heterocycles. The molecule has 0 aromatic heterocycles. The fourth-order valence-electron chi connectivity index (χ4n) is 9.06. The predicted octanol–water partition coefficient (Wildman–Crippen LogP) is 13.7. The Morgan fingerprint density at radius 1 is 0.482 bits per heavy atom. The van der Waals surface area contributed by atoms with Crippen LogP contribution in [0.5, 0.6) is 0 Å². The number of cyclic esters (lactones) is 5. The molecule has 11 fully saturated rings. The molecule has 0 bridgehead atoms. The second-order valence-electron chi connectivity index (χ2n) is 24.1. The van der Waals surface area contributed by atoms with Crippen LogP contribution in [0.1, 0.15) is 225 Å². The number of carbonyl (C=O) groups excluding carboxylic acids is 6. The Hall–Kier alpha value is -4.94. The molecular formula is C67H116O18. The summed E-state index contributed by atoms with van der Waals surface area (Å²) in [6.07, 6.45) is 21.4. The monoisotopic (exact) mass is 1210 g/mol. The minimum absolute atomic E-state index is 0. The maximum atomic E-state index is 10.9. The summed E-state index contributed by atoms with van der Waals surface area (Å²) in [6.45, 7) is 41.2. The summed E-state index contributed by atoms with van der Waals surface area (Å²) in [7, 11) is 1.69. The van der Waals surface area contributed by atoms with E-state index >= 15 is 0 Å². The quantitative estimate of drug-likeness (QED) is 0.200. The van der Waals surface area contributed by atoms with Gasteiger partial charge in [0, 0.05) is 76.4 Å². The first-order valence-electron chi connectivity index (χ1n) is 31.2. The third-order valence-corrected chi connectivity index (χ3v) is 15.0. The number of esters is 5. The zero-order valence-corrected chi connectivity index (χ0v) is 53.9. The van der Waals surface area contributed by atoms with Crippen molar-refractivity contribution in [2.75, 3.05) is 46.8 Å². The number of carbonyl (C=O) groups is 6. The first-order chi connectivity index (χ1) is 39.6. The summed E-state index contributed by atoms with van der Waals surface area (Å²) in [4.78, 5) is 63.1. The van der Waals surface area contributed by atoms with Crippen LogP contribution in [0.25, 0.3) is 0 Å². The van der Waals surface area contributed by atoms with Crippen LogP contribution in [0.2, 0.25) is 0 Å². The molecule has 1 aliphatic carbocycles. The van der Waals surface area contributed by atoms with Gasteiger partial charge < -0.3 is 57.2 Å². The second kappa shape index (κ2) is 45.4. The Morgan fingerprint density at radius 3 is 1.36 bits per heavy atom. The van der Waals surface area contributed by atoms with Gasteiger partial charge in [-0.3, -0.25) is 28.8 Å². The Labute approximate surface area is 512 Å². The SMILES string of the molecule is C.C=C1CC(C)CCO1.C=C1CC(C)O1.C=C1CCC(C)O1.C=C1OCC1C.CC1CCC(=O)OC1.CC1CCCC(=O)O1.CC1CCCCC1=O.CC1CCOC1=O.CC1COC(=O)C1.CCC1(O)CC(=O)OC(C)C1.COC1CCCCO1. The number of rotatable bonds is 2. The smallest absolute Gasteiger partial charge is 0.308 e. The number of allylic oxidation sites excluding steroid dienone is 2. The van der Waals surface area contributed by atoms with Gasteiger partial charge in [0.25, 0.3) is 0 Å². The maximum Gasteiger partial charge on any atom is 0.308 e. The Morgan fingerprint density at radius 2 is 1.09 bits per heavy atom. The molecule has 0 radical (unpaired) electrons. The highest BCUT2D eigenvalue weighted by Crippen LogP contribution is 2.28. The van der Waals surface area contributed by atoms with Gasteiger partial charge in [-0.25, -0.2) is 0 Å². The topological polar surface area (TPSA) is 224 Å². The molecule has 12 atom stereocenters. The molecule has 18 nitrogen and oxygen atoms in total. The number of methoxy groups -OCH3 is 1. The fourth-order valence-corrected chi connectivity index (χ4v) is 9.06. The maximum absolute atomic E-state index is 10.9. The number of ketones is 1. The number of Topliss-reactive ketones (excluding diaryl/α,β-unsaturated/α-hetero) is 1. The second-order valence-corrected chi connectivity index (χ2v) is 24.1. The molecule has 0 aromatic rings. The van der Waals surface area contributed by atoms with Crippen LogP contribution in [0.15, 0.2) is 49.4 Å². The Kier molecular flexibility index (Phi) is 42.7. The van der Waals surface area contributed by atoms with Crippen LogP contribution in [0, 0.1) is 35.5 Å². The molecule has 0 amide bonds. The Balaban J connectivity index is 0.000000915. The highest BCUT2D eigenvalue weighted by molar-refractivity contribution is 5.81. The normalized spacial score (nSPS) is 31.0. The zero-order valence-electron chi connectivity index (χ0n) is 53.9. The molecule has 18 heteroatoms. The molecule has 1 N–H and O–H groups in total. The van der Waals surface area contributed by atoms with Gasteiger partial charge >= 0.3 is 29.8 Å². The first kappa shape index (κ1) is 80.1. The van der Waals surface area contributed by atoms with Crippen molar-refractivity contribution in [2.24, 2.45) is 35.5 Å². The molecule has 492 valence electrons. The van der Waals surface area contributed by atoms with E-state index in [1.807, 2.05) is 41.5 Å². The summed E-state index contributed by atoms with van der Waals surface area (Å²) in [5.74, 6) is 6.75. The van der Waals surface area contributed by atoms with Gasteiger partial charge in [0.05, 0.1) is 92.6 Å². The number of hydrogen-bond donors (Lipinski definition) is 1. The molecule has 1 saturated carbocycles. The first-order valence-corrected chi connectivity index (χ1v) is 31.2. The third-order valence-electron chi connectivity index (χ3n) is 15.0. The molecule has 85 heavy (non-hydrogen) atoms. The lowest BCUT2D eigenvalue weighted by Crippen LogP contribution is -2.41. The van der Waals surface area contributed by atoms with Crippen molar-refractivity contribution in [3.8, 4) is 0 Å². The minimum Gasteiger partial charge on any atom is -0.499 e. The van der Waals surface area contributed by atoms with E-state index in [1.54, 1.807) is 14.0 Å². The average molecular weight is 1210 g/mol. The lowest BCUT2D eigenvalue weighted by atomic mass is 9.88. The minimum atomic E-state index is -0.811. The van der Waals surface area contributed by atoms with E-state index in [9.17, 15) is 33.9 Å². The van der Waals surface area contributed by atoms with Gasteiger partial charge in [0.15, 0.2) is 6.29 Å². The van der Waals surface area contributed by atoms with Gasteiger partial charge in [0.2, 0.25) is 0 Å². The van der Waals surface area contributed by atoms with E-state index in [0.29, 0.717) is 93.6 Å². The van der Waals surface area contributed by atoms with E-state index in [1.165, 1.54) is 25.7 Å². The average Bonchev–Trinajstić information content (AvgIpc) is 4.37. The van der Waals surface area contributed by atoms with Gasteiger partial charge in [-0.1, -0.05) is 88.6 Å². The third kappa shape index (κ3) is 40.2. The molecule has 0 spiro atoms. The summed E-state index contributed by atoms with van der Waals surface area (Å²) in [5.41, 5.74) is -0.811. The number of aliphatic hydroxyl groups is 1. The van der Waals surface area contributed by atoms with E-state index in [2.05, 4.69) is 63.5 Å². The lowest BCUT2D eigenvalue weighted by Gasteiger charge is -2.33. The van der Waals surface area contributed by atoms with Crippen molar-refractivity contribution < 1.29 is 86.0 Å². The van der Waals surface area contributed by atoms with E-state index < -0.39 is 5.60 Å². The van der Waals surface area contributed by atoms with Gasteiger partial charge in [-0.05, 0) is 117 Å². The van der Waals surface area contributed by atoms with E-state index in [-0.39, 0.29) is 68.1 Å². The standard InChI is InChI=1S/C8H14O3.2C7H12O.C6H10O2.C6H12O2.C6H10O2.C6H10O.2C5H8O2.2C5H8O.CH4/c1-3-8(10)4-6(2)11-7(9)5-8;1-6-3-4-8-7(2)5-6;1-6-4-2-3-5-7(6)8;1-5-2-3-6(7)8-4-5;1-7-6-4-2-3-5-8-6;1-5-3-2-4-6(7)8-5;1-5-3-4-6(2)7-5;1-4-2-5(6)7-3-4;1-4-2-3-7-5(4)6;1-4-3-6-5(4)2;1-4-3-5(2)6-4;/h6,10H,3-5H2,1-2H3;2*6H,2-5H2,1H3;5H,2-4H2,1H3;6H,2-5H2,1H3;5H,2-4H2,1H3;6H,1,3-4H2,2H3;2*4H,2-3H2,1H3;4H,2-3H2,1H3;5H,1,3H2,2H3;1H4. The Bertz CT molecular complexity index is 1910. The van der Waals surface area contributed by atoms with Gasteiger partial charge in [-0.2, -0.15) is 0 Å². The molecule has 10 aliphatic heterocycles. The largest absolute Gasteiger partial charge is 0.499 e. The highest BCUT2D eigenvalue weighted by Gasteiger charge is 2.36. The summed E-state index contributed by atoms with van der Waals surface area (Å²) >= 11 is 0.